The number of rotatable bonds is 5. The summed E-state index contributed by atoms with van der Waals surface area (Å²) >= 11 is 0. The summed E-state index contributed by atoms with van der Waals surface area (Å²) in [7, 11) is 0. The van der Waals surface area contributed by atoms with Crippen LogP contribution in [0.4, 0.5) is 21.7 Å². The van der Waals surface area contributed by atoms with Gasteiger partial charge in [0.1, 0.15) is 29.3 Å². The highest BCUT2D eigenvalue weighted by molar-refractivity contribution is 6.10. The van der Waals surface area contributed by atoms with Crippen LogP contribution < -0.4 is 16.4 Å². The van der Waals surface area contributed by atoms with Crippen LogP contribution in [0.3, 0.4) is 0 Å². The number of nitrogens with two attached hydrogens (primary N) is 1. The van der Waals surface area contributed by atoms with Gasteiger partial charge < -0.3 is 21.3 Å². The predicted molar refractivity (Wildman–Crippen MR) is 104 cm³/mol. The molecule has 1 atom stereocenters. The first-order valence-corrected chi connectivity index (χ1v) is 8.83. The number of carbonyl (C=O) groups excluding carboxylic acids is 2. The maximum absolute atomic E-state index is 13.1. The van der Waals surface area contributed by atoms with E-state index in [-0.39, 0.29) is 29.1 Å². The Morgan fingerprint density at radius 3 is 2.75 bits per heavy atom. The van der Waals surface area contributed by atoms with Crippen molar-refractivity contribution in [3.8, 4) is 0 Å². The SMILES string of the molecule is C=CC(=O)N1CCC[C@@H](Nc2ncnc(N)c2C(=O)Nc2ccc(F)cc2)C1. The van der Waals surface area contributed by atoms with E-state index in [1.165, 1.54) is 36.7 Å². The fraction of sp³-hybridized carbons (Fsp3) is 0.263. The fourth-order valence-corrected chi connectivity index (χ4v) is 3.08. The van der Waals surface area contributed by atoms with Gasteiger partial charge in [0.15, 0.2) is 0 Å². The molecule has 28 heavy (non-hydrogen) atoms. The van der Waals surface area contributed by atoms with Crippen molar-refractivity contribution in [1.29, 1.82) is 0 Å². The predicted octanol–water partition coefficient (Wildman–Crippen LogP) is 2.04. The van der Waals surface area contributed by atoms with Gasteiger partial charge in [0.05, 0.1) is 0 Å². The van der Waals surface area contributed by atoms with E-state index < -0.39 is 11.7 Å². The number of hydrogen-bond acceptors (Lipinski definition) is 6. The molecule has 1 aromatic carbocycles. The minimum atomic E-state index is -0.512. The number of nitrogen functional groups attached to an aromatic ring is 1. The average molecular weight is 384 g/mol. The highest BCUT2D eigenvalue weighted by Crippen LogP contribution is 2.22. The van der Waals surface area contributed by atoms with E-state index in [1.807, 2.05) is 0 Å². The molecule has 1 saturated heterocycles. The molecule has 0 radical (unpaired) electrons. The molecule has 0 saturated carbocycles. The highest BCUT2D eigenvalue weighted by Gasteiger charge is 2.25. The Balaban J connectivity index is 1.78. The molecule has 2 aromatic rings. The van der Waals surface area contributed by atoms with Crippen LogP contribution in [0.15, 0.2) is 43.2 Å². The third-order valence-electron chi connectivity index (χ3n) is 4.45. The van der Waals surface area contributed by atoms with E-state index >= 15 is 0 Å². The van der Waals surface area contributed by atoms with Gasteiger partial charge in [0.25, 0.3) is 5.91 Å². The van der Waals surface area contributed by atoms with E-state index in [2.05, 4.69) is 27.2 Å². The van der Waals surface area contributed by atoms with Crippen LogP contribution in [-0.2, 0) is 4.79 Å². The van der Waals surface area contributed by atoms with Crippen molar-refractivity contribution >= 4 is 29.1 Å². The number of benzene rings is 1. The molecule has 146 valence electrons. The molecule has 0 spiro atoms. The lowest BCUT2D eigenvalue weighted by Gasteiger charge is -2.33. The van der Waals surface area contributed by atoms with Crippen LogP contribution in [-0.4, -0.2) is 45.8 Å². The first kappa shape index (κ1) is 19.3. The number of nitrogens with one attached hydrogen (secondary N) is 2. The average Bonchev–Trinajstić information content (AvgIpc) is 2.69. The summed E-state index contributed by atoms with van der Waals surface area (Å²) in [5.41, 5.74) is 6.43. The smallest absolute Gasteiger partial charge is 0.263 e. The van der Waals surface area contributed by atoms with Gasteiger partial charge >= 0.3 is 0 Å². The summed E-state index contributed by atoms with van der Waals surface area (Å²) < 4.78 is 13.1. The lowest BCUT2D eigenvalue weighted by atomic mass is 10.1. The maximum atomic E-state index is 13.1. The van der Waals surface area contributed by atoms with Crippen LogP contribution in [0.25, 0.3) is 0 Å². The van der Waals surface area contributed by atoms with Crippen molar-refractivity contribution < 1.29 is 14.0 Å². The summed E-state index contributed by atoms with van der Waals surface area (Å²) in [6.45, 7) is 4.64. The van der Waals surface area contributed by atoms with Crippen molar-refractivity contribution in [3.05, 3.63) is 54.6 Å². The molecule has 4 N–H and O–H groups in total. The van der Waals surface area contributed by atoms with Crippen LogP contribution in [0, 0.1) is 5.82 Å². The molecule has 1 fully saturated rings. The summed E-state index contributed by atoms with van der Waals surface area (Å²) in [6.07, 6.45) is 4.17. The molecule has 0 unspecified atom stereocenters. The molecule has 0 aliphatic carbocycles. The highest BCUT2D eigenvalue weighted by atomic mass is 19.1. The van der Waals surface area contributed by atoms with E-state index in [1.54, 1.807) is 4.90 Å². The number of piperidine rings is 1. The number of aromatic nitrogens is 2. The Morgan fingerprint density at radius 1 is 1.29 bits per heavy atom. The molecule has 1 aromatic heterocycles. The van der Waals surface area contributed by atoms with Crippen molar-refractivity contribution in [3.63, 3.8) is 0 Å². The van der Waals surface area contributed by atoms with Gasteiger partial charge in [0.2, 0.25) is 5.91 Å². The Morgan fingerprint density at radius 2 is 2.04 bits per heavy atom. The zero-order valence-corrected chi connectivity index (χ0v) is 15.2. The second-order valence-corrected chi connectivity index (χ2v) is 6.42. The van der Waals surface area contributed by atoms with E-state index in [0.717, 1.165) is 12.8 Å². The number of halogens is 1. The number of carbonyl (C=O) groups is 2. The minimum absolute atomic E-state index is 0.0203. The zero-order valence-electron chi connectivity index (χ0n) is 15.2. The van der Waals surface area contributed by atoms with Crippen molar-refractivity contribution in [2.75, 3.05) is 29.5 Å². The van der Waals surface area contributed by atoms with Gasteiger partial charge in [-0.25, -0.2) is 14.4 Å². The van der Waals surface area contributed by atoms with Gasteiger partial charge in [-0.3, -0.25) is 9.59 Å². The summed E-state index contributed by atoms with van der Waals surface area (Å²) in [4.78, 5) is 34.3. The second-order valence-electron chi connectivity index (χ2n) is 6.42. The van der Waals surface area contributed by atoms with Gasteiger partial charge in [-0.15, -0.1) is 0 Å². The van der Waals surface area contributed by atoms with E-state index in [0.29, 0.717) is 18.8 Å². The third kappa shape index (κ3) is 4.43. The first-order chi connectivity index (χ1) is 13.5. The number of anilines is 3. The molecular weight excluding hydrogens is 363 g/mol. The number of amides is 2. The van der Waals surface area contributed by atoms with Crippen molar-refractivity contribution in [2.24, 2.45) is 0 Å². The summed E-state index contributed by atoms with van der Waals surface area (Å²) in [5, 5.41) is 5.85. The van der Waals surface area contributed by atoms with E-state index in [9.17, 15) is 14.0 Å². The summed E-state index contributed by atoms with van der Waals surface area (Å²) in [5.74, 6) is -0.749. The van der Waals surface area contributed by atoms with Crippen molar-refractivity contribution in [1.82, 2.24) is 14.9 Å². The fourth-order valence-electron chi connectivity index (χ4n) is 3.08. The monoisotopic (exact) mass is 384 g/mol. The number of nitrogens with zero attached hydrogens (tertiary/aromatic N) is 3. The zero-order chi connectivity index (χ0) is 20.1. The lowest BCUT2D eigenvalue weighted by molar-refractivity contribution is -0.127. The quantitative estimate of drug-likeness (QED) is 0.680. The number of hydrogen-bond donors (Lipinski definition) is 3. The largest absolute Gasteiger partial charge is 0.383 e. The van der Waals surface area contributed by atoms with Gasteiger partial charge in [-0.05, 0) is 43.2 Å². The van der Waals surface area contributed by atoms with Crippen LogP contribution in [0.2, 0.25) is 0 Å². The molecule has 8 nitrogen and oxygen atoms in total. The Bertz CT molecular complexity index is 886. The van der Waals surface area contributed by atoms with Crippen LogP contribution in [0.5, 0.6) is 0 Å². The standard InChI is InChI=1S/C19H21FN6O2/c1-2-15(27)26-9-3-4-14(10-26)24-18-16(17(21)22-11-23-18)19(28)25-13-7-5-12(20)6-8-13/h2,5-8,11,14H,1,3-4,9-10H2,(H,25,28)(H3,21,22,23,24)/t14-/m1/s1. The molecule has 3 rings (SSSR count). The van der Waals surface area contributed by atoms with Crippen molar-refractivity contribution in [2.45, 2.75) is 18.9 Å². The molecule has 1 aliphatic rings. The van der Waals surface area contributed by atoms with Gasteiger partial charge in [0, 0.05) is 24.8 Å². The molecular formula is C19H21FN6O2. The molecule has 0 bridgehead atoms. The first-order valence-electron chi connectivity index (χ1n) is 8.83. The van der Waals surface area contributed by atoms with Crippen LogP contribution >= 0.6 is 0 Å². The molecule has 9 heteroatoms. The summed E-state index contributed by atoms with van der Waals surface area (Å²) in [6, 6.07) is 5.28. The number of likely N-dealkylation sites (tertiary alicyclic amines) is 1. The molecule has 2 amide bonds. The Labute approximate surface area is 161 Å². The van der Waals surface area contributed by atoms with Crippen LogP contribution in [0.1, 0.15) is 23.2 Å². The second kappa shape index (κ2) is 8.47. The Hall–Kier alpha value is -3.49. The Kier molecular flexibility index (Phi) is 5.83. The molecule has 1 aliphatic heterocycles. The van der Waals surface area contributed by atoms with Gasteiger partial charge in [-0.1, -0.05) is 6.58 Å². The van der Waals surface area contributed by atoms with E-state index in [4.69, 9.17) is 5.73 Å². The van der Waals surface area contributed by atoms with Gasteiger partial charge in [-0.2, -0.15) is 0 Å². The molecule has 2 heterocycles. The lowest BCUT2D eigenvalue weighted by Crippen LogP contribution is -2.44. The minimum Gasteiger partial charge on any atom is -0.383 e. The topological polar surface area (TPSA) is 113 Å². The normalized spacial score (nSPS) is 16.3. The maximum Gasteiger partial charge on any atom is 0.263 e. The third-order valence-corrected chi connectivity index (χ3v) is 4.45.